The van der Waals surface area contributed by atoms with Crippen LogP contribution in [0.25, 0.3) is 0 Å². The molecule has 2 rings (SSSR count). The first kappa shape index (κ1) is 11.9. The van der Waals surface area contributed by atoms with Gasteiger partial charge in [-0.05, 0) is 31.4 Å². The maximum Gasteiger partial charge on any atom is 0.270 e. The molecule has 4 N–H and O–H groups in total. The lowest BCUT2D eigenvalue weighted by molar-refractivity contribution is 0.0932. The van der Waals surface area contributed by atoms with Gasteiger partial charge in [0.1, 0.15) is 5.69 Å². The Hall–Kier alpha value is -1.62. The molecule has 17 heavy (non-hydrogen) atoms. The highest BCUT2D eigenvalue weighted by Crippen LogP contribution is 2.33. The fourth-order valence-electron chi connectivity index (χ4n) is 1.82. The largest absolute Gasteiger partial charge is 0.348 e. The Bertz CT molecular complexity index is 386. The van der Waals surface area contributed by atoms with Crippen molar-refractivity contribution in [2.75, 3.05) is 5.43 Å². The third-order valence-corrected chi connectivity index (χ3v) is 2.92. The van der Waals surface area contributed by atoms with Gasteiger partial charge in [0.2, 0.25) is 0 Å². The van der Waals surface area contributed by atoms with Crippen LogP contribution in [0, 0.1) is 5.92 Å². The van der Waals surface area contributed by atoms with Crippen LogP contribution in [-0.4, -0.2) is 16.9 Å². The van der Waals surface area contributed by atoms with Crippen molar-refractivity contribution in [3.05, 3.63) is 24.0 Å². The third kappa shape index (κ3) is 3.42. The fourth-order valence-corrected chi connectivity index (χ4v) is 1.82. The summed E-state index contributed by atoms with van der Waals surface area (Å²) >= 11 is 0. The SMILES string of the molecule is CC(CC1CC1)NC(=O)c1ccc(NN)cn1. The Balaban J connectivity index is 1.88. The maximum atomic E-state index is 11.8. The molecule has 0 saturated heterocycles. The molecule has 0 radical (unpaired) electrons. The Labute approximate surface area is 101 Å². The molecular formula is C12H18N4O. The molecule has 1 atom stereocenters. The van der Waals surface area contributed by atoms with Crippen molar-refractivity contribution in [2.45, 2.75) is 32.2 Å². The van der Waals surface area contributed by atoms with E-state index < -0.39 is 0 Å². The molecule has 1 saturated carbocycles. The Morgan fingerprint density at radius 1 is 1.59 bits per heavy atom. The average Bonchev–Trinajstić information content (AvgIpc) is 3.12. The van der Waals surface area contributed by atoms with Crippen molar-refractivity contribution < 1.29 is 4.79 Å². The second-order valence-electron chi connectivity index (χ2n) is 4.63. The lowest BCUT2D eigenvalue weighted by atomic mass is 10.1. The number of rotatable bonds is 5. The molecule has 92 valence electrons. The standard InChI is InChI=1S/C12H18N4O/c1-8(6-9-2-3-9)15-12(17)11-5-4-10(16-13)7-14-11/h4-5,7-9,16H,2-3,6,13H2,1H3,(H,15,17). The second-order valence-corrected chi connectivity index (χ2v) is 4.63. The van der Waals surface area contributed by atoms with Crippen molar-refractivity contribution in [1.82, 2.24) is 10.3 Å². The number of anilines is 1. The highest BCUT2D eigenvalue weighted by atomic mass is 16.1. The van der Waals surface area contributed by atoms with Gasteiger partial charge in [-0.1, -0.05) is 12.8 Å². The van der Waals surface area contributed by atoms with Crippen LogP contribution in [0.1, 0.15) is 36.7 Å². The molecule has 1 aliphatic carbocycles. The number of nitrogens with one attached hydrogen (secondary N) is 2. The smallest absolute Gasteiger partial charge is 0.270 e. The van der Waals surface area contributed by atoms with Gasteiger partial charge in [-0.25, -0.2) is 4.98 Å². The predicted octanol–water partition coefficient (Wildman–Crippen LogP) is 1.29. The van der Waals surface area contributed by atoms with Gasteiger partial charge in [0.25, 0.3) is 5.91 Å². The number of nitrogens with zero attached hydrogens (tertiary/aromatic N) is 1. The predicted molar refractivity (Wildman–Crippen MR) is 66.3 cm³/mol. The molecule has 1 amide bonds. The molecule has 0 aromatic carbocycles. The number of amides is 1. The van der Waals surface area contributed by atoms with Crippen molar-refractivity contribution in [3.8, 4) is 0 Å². The first-order chi connectivity index (χ1) is 8.19. The van der Waals surface area contributed by atoms with Crippen molar-refractivity contribution in [2.24, 2.45) is 11.8 Å². The number of aromatic nitrogens is 1. The lowest BCUT2D eigenvalue weighted by Gasteiger charge is -2.12. The molecule has 1 aromatic rings. The molecule has 1 unspecified atom stereocenters. The molecular weight excluding hydrogens is 216 g/mol. The zero-order valence-electron chi connectivity index (χ0n) is 9.94. The number of carbonyl (C=O) groups excluding carboxylic acids is 1. The first-order valence-electron chi connectivity index (χ1n) is 5.92. The average molecular weight is 234 g/mol. The Morgan fingerprint density at radius 2 is 2.35 bits per heavy atom. The van der Waals surface area contributed by atoms with Crippen LogP contribution in [0.2, 0.25) is 0 Å². The summed E-state index contributed by atoms with van der Waals surface area (Å²) in [5.41, 5.74) is 3.58. The van der Waals surface area contributed by atoms with E-state index in [2.05, 4.69) is 15.7 Å². The highest BCUT2D eigenvalue weighted by Gasteiger charge is 2.24. The molecule has 1 aliphatic rings. The molecule has 0 aliphatic heterocycles. The summed E-state index contributed by atoms with van der Waals surface area (Å²) in [6.07, 6.45) is 5.21. The number of nitrogens with two attached hydrogens (primary N) is 1. The minimum atomic E-state index is -0.123. The summed E-state index contributed by atoms with van der Waals surface area (Å²) in [7, 11) is 0. The first-order valence-corrected chi connectivity index (χ1v) is 5.92. The molecule has 1 heterocycles. The number of pyridine rings is 1. The van der Waals surface area contributed by atoms with Crippen LogP contribution >= 0.6 is 0 Å². The van der Waals surface area contributed by atoms with Gasteiger partial charge in [0.05, 0.1) is 11.9 Å². The molecule has 5 heteroatoms. The molecule has 1 fully saturated rings. The minimum absolute atomic E-state index is 0.123. The Morgan fingerprint density at radius 3 is 2.88 bits per heavy atom. The van der Waals surface area contributed by atoms with E-state index >= 15 is 0 Å². The van der Waals surface area contributed by atoms with Crippen LogP contribution in [0.5, 0.6) is 0 Å². The van der Waals surface area contributed by atoms with E-state index in [4.69, 9.17) is 5.84 Å². The number of hydrazine groups is 1. The zero-order chi connectivity index (χ0) is 12.3. The van der Waals surface area contributed by atoms with Gasteiger partial charge < -0.3 is 10.7 Å². The van der Waals surface area contributed by atoms with Gasteiger partial charge in [0.15, 0.2) is 0 Å². The highest BCUT2D eigenvalue weighted by molar-refractivity contribution is 5.92. The lowest BCUT2D eigenvalue weighted by Crippen LogP contribution is -2.33. The summed E-state index contributed by atoms with van der Waals surface area (Å²) in [5, 5.41) is 2.95. The van der Waals surface area contributed by atoms with Gasteiger partial charge in [-0.15, -0.1) is 0 Å². The van der Waals surface area contributed by atoms with Crippen molar-refractivity contribution >= 4 is 11.6 Å². The van der Waals surface area contributed by atoms with E-state index in [1.807, 2.05) is 6.92 Å². The number of carbonyl (C=O) groups is 1. The van der Waals surface area contributed by atoms with Crippen molar-refractivity contribution in [3.63, 3.8) is 0 Å². The zero-order valence-corrected chi connectivity index (χ0v) is 9.94. The topological polar surface area (TPSA) is 80.0 Å². The van der Waals surface area contributed by atoms with Gasteiger partial charge in [-0.2, -0.15) is 0 Å². The fraction of sp³-hybridized carbons (Fsp3) is 0.500. The van der Waals surface area contributed by atoms with Crippen molar-refractivity contribution in [1.29, 1.82) is 0 Å². The van der Waals surface area contributed by atoms with E-state index in [9.17, 15) is 4.79 Å². The Kier molecular flexibility index (Phi) is 3.58. The third-order valence-electron chi connectivity index (χ3n) is 2.92. The number of nitrogen functional groups attached to an aromatic ring is 1. The summed E-state index contributed by atoms with van der Waals surface area (Å²) in [6.45, 7) is 2.03. The quantitative estimate of drug-likeness (QED) is 0.529. The monoisotopic (exact) mass is 234 g/mol. The van der Waals surface area contributed by atoms with Crippen LogP contribution in [-0.2, 0) is 0 Å². The van der Waals surface area contributed by atoms with Gasteiger partial charge in [-0.3, -0.25) is 10.6 Å². The summed E-state index contributed by atoms with van der Waals surface area (Å²) < 4.78 is 0. The van der Waals surface area contributed by atoms with Gasteiger partial charge >= 0.3 is 0 Å². The number of hydrogen-bond donors (Lipinski definition) is 3. The molecule has 1 aromatic heterocycles. The van der Waals surface area contributed by atoms with Gasteiger partial charge in [0, 0.05) is 6.04 Å². The molecule has 5 nitrogen and oxygen atoms in total. The van der Waals surface area contributed by atoms with E-state index in [0.717, 1.165) is 12.3 Å². The number of hydrogen-bond acceptors (Lipinski definition) is 4. The second kappa shape index (κ2) is 5.14. The maximum absolute atomic E-state index is 11.8. The minimum Gasteiger partial charge on any atom is -0.348 e. The van der Waals surface area contributed by atoms with E-state index in [-0.39, 0.29) is 11.9 Å². The molecule has 0 spiro atoms. The molecule has 0 bridgehead atoms. The van der Waals surface area contributed by atoms with E-state index in [1.165, 1.54) is 12.8 Å². The summed E-state index contributed by atoms with van der Waals surface area (Å²) in [4.78, 5) is 15.9. The van der Waals surface area contributed by atoms with E-state index in [1.54, 1.807) is 18.3 Å². The van der Waals surface area contributed by atoms with Crippen LogP contribution < -0.4 is 16.6 Å². The normalized spacial score (nSPS) is 16.4. The van der Waals surface area contributed by atoms with Crippen LogP contribution in [0.15, 0.2) is 18.3 Å². The summed E-state index contributed by atoms with van der Waals surface area (Å²) in [6, 6.07) is 3.60. The van der Waals surface area contributed by atoms with E-state index in [0.29, 0.717) is 11.4 Å². The van der Waals surface area contributed by atoms with Crippen LogP contribution in [0.4, 0.5) is 5.69 Å². The van der Waals surface area contributed by atoms with Crippen LogP contribution in [0.3, 0.4) is 0 Å². The summed E-state index contributed by atoms with van der Waals surface area (Å²) in [5.74, 6) is 5.91.